The summed E-state index contributed by atoms with van der Waals surface area (Å²) >= 11 is 0. The number of nitrogens with zero attached hydrogens (tertiary/aromatic N) is 2. The zero-order valence-electron chi connectivity index (χ0n) is 16.2. The predicted octanol–water partition coefficient (Wildman–Crippen LogP) is 3.45. The van der Waals surface area contributed by atoms with Crippen LogP contribution in [0.15, 0.2) is 36.5 Å². The molecule has 0 unspecified atom stereocenters. The van der Waals surface area contributed by atoms with Gasteiger partial charge in [-0.25, -0.2) is 4.98 Å². The highest BCUT2D eigenvalue weighted by atomic mass is 16.2. The molecule has 1 aliphatic carbocycles. The fourth-order valence-corrected chi connectivity index (χ4v) is 4.10. The molecule has 0 atom stereocenters. The van der Waals surface area contributed by atoms with E-state index < -0.39 is 0 Å². The van der Waals surface area contributed by atoms with Crippen LogP contribution in [0.2, 0.25) is 0 Å². The largest absolute Gasteiger partial charge is 0.357 e. The van der Waals surface area contributed by atoms with Crippen molar-refractivity contribution in [2.24, 2.45) is 0 Å². The highest BCUT2D eigenvalue weighted by molar-refractivity contribution is 5.98. The van der Waals surface area contributed by atoms with Crippen LogP contribution in [0, 0.1) is 0 Å². The fourth-order valence-electron chi connectivity index (χ4n) is 4.10. The van der Waals surface area contributed by atoms with Crippen molar-refractivity contribution in [1.82, 2.24) is 10.3 Å². The Labute approximate surface area is 166 Å². The maximum atomic E-state index is 12.4. The number of fused-ring (bicyclic) bond motifs is 1. The lowest BCUT2D eigenvalue weighted by Crippen LogP contribution is -2.24. The van der Waals surface area contributed by atoms with E-state index in [0.29, 0.717) is 6.54 Å². The number of Topliss-reactive ketones (excluding diaryl/α,β-unsaturated/α-hetero) is 1. The molecule has 2 aromatic rings. The summed E-state index contributed by atoms with van der Waals surface area (Å²) in [5, 5.41) is 2.93. The Hall–Kier alpha value is -2.69. The van der Waals surface area contributed by atoms with Crippen molar-refractivity contribution in [2.75, 3.05) is 18.0 Å². The van der Waals surface area contributed by atoms with Crippen molar-refractivity contribution < 1.29 is 9.59 Å². The molecule has 1 N–H and O–H groups in total. The van der Waals surface area contributed by atoms with Crippen LogP contribution < -0.4 is 10.2 Å². The number of ketones is 1. The summed E-state index contributed by atoms with van der Waals surface area (Å²) in [7, 11) is 0. The molecule has 4 rings (SSSR count). The number of amides is 1. The van der Waals surface area contributed by atoms with Crippen molar-refractivity contribution in [2.45, 2.75) is 51.5 Å². The number of pyridine rings is 1. The standard InChI is InChI=1S/C23H27N3O2/c27-21(20-7-6-18-4-3-5-19(18)15-20)8-9-23(28)25-16-17-10-11-24-22(14-17)26-12-1-2-13-26/h6-7,10-11,14-15H,1-5,8-9,12-13,16H2,(H,25,28). The number of carbonyl (C=O) groups is 2. The summed E-state index contributed by atoms with van der Waals surface area (Å²) in [6.07, 6.45) is 8.03. The van der Waals surface area contributed by atoms with Crippen molar-refractivity contribution in [3.8, 4) is 0 Å². The zero-order chi connectivity index (χ0) is 19.3. The second kappa shape index (κ2) is 8.55. The number of rotatable bonds is 7. The van der Waals surface area contributed by atoms with Crippen molar-refractivity contribution in [3.63, 3.8) is 0 Å². The lowest BCUT2D eigenvalue weighted by Gasteiger charge is -2.17. The van der Waals surface area contributed by atoms with Gasteiger partial charge in [0.05, 0.1) is 0 Å². The minimum absolute atomic E-state index is 0.0464. The molecule has 1 amide bonds. The molecule has 28 heavy (non-hydrogen) atoms. The lowest BCUT2D eigenvalue weighted by atomic mass is 10.0. The summed E-state index contributed by atoms with van der Waals surface area (Å²) < 4.78 is 0. The number of benzene rings is 1. The maximum absolute atomic E-state index is 12.4. The molecule has 1 aromatic carbocycles. The maximum Gasteiger partial charge on any atom is 0.220 e. The van der Waals surface area contributed by atoms with Crippen molar-refractivity contribution in [3.05, 3.63) is 58.8 Å². The summed E-state index contributed by atoms with van der Waals surface area (Å²) in [4.78, 5) is 31.3. The van der Waals surface area contributed by atoms with E-state index in [9.17, 15) is 9.59 Å². The van der Waals surface area contributed by atoms with E-state index in [1.54, 1.807) is 6.20 Å². The first-order chi connectivity index (χ1) is 13.7. The normalized spacial score (nSPS) is 15.5. The molecular weight excluding hydrogens is 350 g/mol. The Morgan fingerprint density at radius 1 is 0.964 bits per heavy atom. The number of aryl methyl sites for hydroxylation is 2. The summed E-state index contributed by atoms with van der Waals surface area (Å²) in [6.45, 7) is 2.57. The average molecular weight is 377 g/mol. The third kappa shape index (κ3) is 4.41. The summed E-state index contributed by atoms with van der Waals surface area (Å²) in [5.74, 6) is 0.940. The number of hydrogen-bond acceptors (Lipinski definition) is 4. The van der Waals surface area contributed by atoms with Crippen molar-refractivity contribution in [1.29, 1.82) is 0 Å². The van der Waals surface area contributed by atoms with Crippen LogP contribution in [0.4, 0.5) is 5.82 Å². The molecule has 1 aliphatic heterocycles. The van der Waals surface area contributed by atoms with Gasteiger partial charge in [-0.1, -0.05) is 12.1 Å². The van der Waals surface area contributed by atoms with E-state index in [4.69, 9.17) is 0 Å². The molecular formula is C23H27N3O2. The SMILES string of the molecule is O=C(CCC(=O)c1ccc2c(c1)CCC2)NCc1ccnc(N2CCCC2)c1. The van der Waals surface area contributed by atoms with Gasteiger partial charge in [0.1, 0.15) is 5.82 Å². The fraction of sp³-hybridized carbons (Fsp3) is 0.435. The van der Waals surface area contributed by atoms with Gasteiger partial charge in [-0.2, -0.15) is 0 Å². The topological polar surface area (TPSA) is 62.3 Å². The number of anilines is 1. The number of aromatic nitrogens is 1. The van der Waals surface area contributed by atoms with Crippen LogP contribution in [-0.4, -0.2) is 29.8 Å². The molecule has 1 saturated heterocycles. The van der Waals surface area contributed by atoms with Crippen LogP contribution in [0.5, 0.6) is 0 Å². The molecule has 0 spiro atoms. The number of nitrogens with one attached hydrogen (secondary N) is 1. The molecule has 0 radical (unpaired) electrons. The highest BCUT2D eigenvalue weighted by Crippen LogP contribution is 2.23. The lowest BCUT2D eigenvalue weighted by molar-refractivity contribution is -0.121. The van der Waals surface area contributed by atoms with E-state index >= 15 is 0 Å². The Kier molecular flexibility index (Phi) is 5.70. The first kappa shape index (κ1) is 18.7. The van der Waals surface area contributed by atoms with Gasteiger partial charge in [0.15, 0.2) is 5.78 Å². The number of hydrogen-bond donors (Lipinski definition) is 1. The molecule has 1 aromatic heterocycles. The van der Waals surface area contributed by atoms with Crippen molar-refractivity contribution >= 4 is 17.5 Å². The molecule has 0 bridgehead atoms. The van der Waals surface area contributed by atoms with Crippen LogP contribution in [-0.2, 0) is 24.2 Å². The van der Waals surface area contributed by atoms with Crippen LogP contribution in [0.3, 0.4) is 0 Å². The molecule has 0 saturated carbocycles. The molecule has 5 heteroatoms. The van der Waals surface area contributed by atoms with E-state index in [0.717, 1.165) is 42.9 Å². The summed E-state index contributed by atoms with van der Waals surface area (Å²) in [6, 6.07) is 9.95. The van der Waals surface area contributed by atoms with E-state index in [1.165, 1.54) is 30.4 Å². The molecule has 2 aliphatic rings. The zero-order valence-corrected chi connectivity index (χ0v) is 16.2. The van der Waals surface area contributed by atoms with Crippen LogP contribution in [0.25, 0.3) is 0 Å². The summed E-state index contributed by atoms with van der Waals surface area (Å²) in [5.41, 5.74) is 4.43. The number of carbonyl (C=O) groups excluding carboxylic acids is 2. The van der Waals surface area contributed by atoms with E-state index in [1.807, 2.05) is 24.3 Å². The Morgan fingerprint density at radius 2 is 1.79 bits per heavy atom. The van der Waals surface area contributed by atoms with Gasteiger partial charge in [0.25, 0.3) is 0 Å². The predicted molar refractivity (Wildman–Crippen MR) is 110 cm³/mol. The Bertz CT molecular complexity index is 872. The quantitative estimate of drug-likeness (QED) is 0.751. The minimum atomic E-state index is -0.0888. The second-order valence-electron chi connectivity index (χ2n) is 7.75. The minimum Gasteiger partial charge on any atom is -0.357 e. The van der Waals surface area contributed by atoms with Crippen LogP contribution >= 0.6 is 0 Å². The van der Waals surface area contributed by atoms with Gasteiger partial charge in [0, 0.05) is 44.2 Å². The van der Waals surface area contributed by atoms with Gasteiger partial charge in [0.2, 0.25) is 5.91 Å². The molecule has 5 nitrogen and oxygen atoms in total. The molecule has 1 fully saturated rings. The van der Waals surface area contributed by atoms with Gasteiger partial charge in [-0.05, 0) is 67.0 Å². The molecule has 2 heterocycles. The monoisotopic (exact) mass is 377 g/mol. The van der Waals surface area contributed by atoms with Crippen LogP contribution in [0.1, 0.15) is 59.2 Å². The Balaban J connectivity index is 1.25. The molecule has 146 valence electrons. The first-order valence-electron chi connectivity index (χ1n) is 10.3. The Morgan fingerprint density at radius 3 is 2.64 bits per heavy atom. The smallest absolute Gasteiger partial charge is 0.220 e. The van der Waals surface area contributed by atoms with E-state index in [-0.39, 0.29) is 24.5 Å². The first-order valence-corrected chi connectivity index (χ1v) is 10.3. The second-order valence-corrected chi connectivity index (χ2v) is 7.75. The van der Waals surface area contributed by atoms with Gasteiger partial charge in [-0.15, -0.1) is 0 Å². The third-order valence-electron chi connectivity index (χ3n) is 5.73. The average Bonchev–Trinajstić information content (AvgIpc) is 3.42. The highest BCUT2D eigenvalue weighted by Gasteiger charge is 2.16. The third-order valence-corrected chi connectivity index (χ3v) is 5.73. The van der Waals surface area contributed by atoms with Gasteiger partial charge < -0.3 is 10.2 Å². The van der Waals surface area contributed by atoms with Gasteiger partial charge in [-0.3, -0.25) is 9.59 Å². The van der Waals surface area contributed by atoms with Gasteiger partial charge >= 0.3 is 0 Å². The van der Waals surface area contributed by atoms with E-state index in [2.05, 4.69) is 21.3 Å².